The summed E-state index contributed by atoms with van der Waals surface area (Å²) < 4.78 is 13.1. The number of amides is 1. The number of thiazole rings is 1. The molecule has 2 aromatic rings. The van der Waals surface area contributed by atoms with Gasteiger partial charge in [0.1, 0.15) is 21.5 Å². The molecule has 1 amide bonds. The van der Waals surface area contributed by atoms with E-state index >= 15 is 0 Å². The summed E-state index contributed by atoms with van der Waals surface area (Å²) in [5.74, 6) is -0.322. The predicted molar refractivity (Wildman–Crippen MR) is 100 cm³/mol. The number of nitrogens with two attached hydrogens (primary N) is 1. The van der Waals surface area contributed by atoms with Gasteiger partial charge in [-0.2, -0.15) is 0 Å². The molecule has 4 nitrogen and oxygen atoms in total. The van der Waals surface area contributed by atoms with Gasteiger partial charge in [0.2, 0.25) is 0 Å². The second kappa shape index (κ2) is 10.1. The second-order valence-corrected chi connectivity index (χ2v) is 6.93. The molecule has 1 heterocycles. The van der Waals surface area contributed by atoms with Gasteiger partial charge in [0, 0.05) is 17.0 Å². The number of primary amides is 1. The molecule has 0 saturated heterocycles. The van der Waals surface area contributed by atoms with E-state index in [2.05, 4.69) is 4.98 Å². The molecule has 0 bridgehead atoms. The fraction of sp³-hybridized carbons (Fsp3) is 0.278. The van der Waals surface area contributed by atoms with E-state index in [-0.39, 0.29) is 10.8 Å². The van der Waals surface area contributed by atoms with Crippen LogP contribution < -0.4 is 5.73 Å². The topological polar surface area (TPSA) is 73.1 Å². The van der Waals surface area contributed by atoms with Gasteiger partial charge in [0.25, 0.3) is 5.91 Å². The van der Waals surface area contributed by atoms with Crippen LogP contribution in [0.1, 0.15) is 36.9 Å². The van der Waals surface area contributed by atoms with Crippen LogP contribution in [0.3, 0.4) is 0 Å². The molecule has 0 aliphatic heterocycles. The first kappa shape index (κ1) is 21.0. The Morgan fingerprint density at radius 2 is 2.08 bits per heavy atom. The lowest BCUT2D eigenvalue weighted by molar-refractivity contribution is -0.117. The molecule has 1 aromatic carbocycles. The minimum absolute atomic E-state index is 0.264. The molecule has 25 heavy (non-hydrogen) atoms. The van der Waals surface area contributed by atoms with Crippen LogP contribution in [0.15, 0.2) is 36.5 Å². The summed E-state index contributed by atoms with van der Waals surface area (Å²) in [6.45, 7) is 5.64. The molecule has 2 rings (SSSR count). The highest BCUT2D eigenvalue weighted by molar-refractivity contribution is 7.16. The van der Waals surface area contributed by atoms with Gasteiger partial charge in [-0.05, 0) is 38.0 Å². The van der Waals surface area contributed by atoms with Crippen molar-refractivity contribution in [1.29, 1.82) is 0 Å². The van der Waals surface area contributed by atoms with Crippen molar-refractivity contribution in [1.82, 2.24) is 4.98 Å². The number of halogens is 2. The third kappa shape index (κ3) is 7.58. The van der Waals surface area contributed by atoms with Gasteiger partial charge in [-0.25, -0.2) is 9.37 Å². The maximum Gasteiger partial charge on any atom is 0.260 e. The SMILES string of the molecule is C/C=C\C(C)CC(C)=O.NC(=O)c1cnc(-c2cc(F)cc(Cl)c2)s1. The van der Waals surface area contributed by atoms with Crippen LogP contribution in [0.4, 0.5) is 4.39 Å². The number of hydrogen-bond acceptors (Lipinski definition) is 4. The monoisotopic (exact) mass is 382 g/mol. The Hall–Kier alpha value is -2.05. The number of aromatic nitrogens is 1. The molecule has 1 unspecified atom stereocenters. The van der Waals surface area contributed by atoms with Gasteiger partial charge in [-0.3, -0.25) is 4.79 Å². The summed E-state index contributed by atoms with van der Waals surface area (Å²) >= 11 is 6.82. The van der Waals surface area contributed by atoms with Gasteiger partial charge < -0.3 is 10.5 Å². The third-order valence-corrected chi connectivity index (χ3v) is 4.27. The van der Waals surface area contributed by atoms with E-state index in [0.717, 1.165) is 11.3 Å². The van der Waals surface area contributed by atoms with Gasteiger partial charge in [0.05, 0.1) is 6.20 Å². The van der Waals surface area contributed by atoms with Gasteiger partial charge >= 0.3 is 0 Å². The van der Waals surface area contributed by atoms with E-state index < -0.39 is 11.7 Å². The summed E-state index contributed by atoms with van der Waals surface area (Å²) in [5, 5.41) is 0.793. The molecular weight excluding hydrogens is 363 g/mol. The van der Waals surface area contributed by atoms with E-state index in [1.807, 2.05) is 26.0 Å². The summed E-state index contributed by atoms with van der Waals surface area (Å²) in [6, 6.07) is 4.08. The normalized spacial score (nSPS) is 11.7. The van der Waals surface area contributed by atoms with Crippen LogP contribution in [0.2, 0.25) is 5.02 Å². The molecular formula is C18H20ClFN2O2S. The van der Waals surface area contributed by atoms with Crippen molar-refractivity contribution in [2.24, 2.45) is 11.7 Å². The molecule has 1 aromatic heterocycles. The van der Waals surface area contributed by atoms with Crippen molar-refractivity contribution in [3.05, 3.63) is 52.3 Å². The smallest absolute Gasteiger partial charge is 0.260 e. The highest BCUT2D eigenvalue weighted by atomic mass is 35.5. The lowest BCUT2D eigenvalue weighted by Crippen LogP contribution is -2.08. The Balaban J connectivity index is 0.000000299. The van der Waals surface area contributed by atoms with Gasteiger partial charge in [-0.1, -0.05) is 30.7 Å². The highest BCUT2D eigenvalue weighted by Crippen LogP contribution is 2.28. The molecule has 0 aliphatic carbocycles. The number of hydrogen-bond donors (Lipinski definition) is 1. The van der Waals surface area contributed by atoms with E-state index in [9.17, 15) is 14.0 Å². The first-order chi connectivity index (χ1) is 11.7. The quantitative estimate of drug-likeness (QED) is 0.749. The standard InChI is InChI=1S/C10H6ClFN2OS.C8H14O/c11-6-1-5(2-7(12)3-6)10-14-4-8(16-10)9(13)15;1-4-5-7(2)6-8(3)9/h1-4H,(H2,13,15);4-5,7H,6H2,1-3H3/b;5-4-. The third-order valence-electron chi connectivity index (χ3n) is 2.99. The van der Waals surface area contributed by atoms with Crippen molar-refractivity contribution in [3.63, 3.8) is 0 Å². The van der Waals surface area contributed by atoms with Crippen molar-refractivity contribution >= 4 is 34.6 Å². The zero-order chi connectivity index (χ0) is 19.0. The van der Waals surface area contributed by atoms with Crippen LogP contribution >= 0.6 is 22.9 Å². The molecule has 2 N–H and O–H groups in total. The van der Waals surface area contributed by atoms with E-state index in [0.29, 0.717) is 27.8 Å². The average molecular weight is 383 g/mol. The number of allylic oxidation sites excluding steroid dienone is 2. The number of carbonyl (C=O) groups excluding carboxylic acids is 2. The van der Waals surface area contributed by atoms with Crippen LogP contribution in [-0.4, -0.2) is 16.7 Å². The Labute approximate surface area is 155 Å². The Morgan fingerprint density at radius 3 is 2.56 bits per heavy atom. The van der Waals surface area contributed by atoms with E-state index in [4.69, 9.17) is 17.3 Å². The van der Waals surface area contributed by atoms with Crippen LogP contribution in [0.25, 0.3) is 10.6 Å². The first-order valence-corrected chi connectivity index (χ1v) is 8.76. The number of benzene rings is 1. The zero-order valence-corrected chi connectivity index (χ0v) is 15.8. The van der Waals surface area contributed by atoms with Crippen molar-refractivity contribution in [3.8, 4) is 10.6 Å². The average Bonchev–Trinajstić information content (AvgIpc) is 2.96. The van der Waals surface area contributed by atoms with Crippen LogP contribution in [0.5, 0.6) is 0 Å². The predicted octanol–water partition coefficient (Wildman–Crippen LogP) is 4.88. The summed E-state index contributed by atoms with van der Waals surface area (Å²) in [6.07, 6.45) is 6.06. The van der Waals surface area contributed by atoms with E-state index in [1.165, 1.54) is 18.3 Å². The lowest BCUT2D eigenvalue weighted by atomic mass is 10.1. The fourth-order valence-electron chi connectivity index (χ4n) is 2.05. The molecule has 7 heteroatoms. The Bertz CT molecular complexity index is 754. The van der Waals surface area contributed by atoms with Crippen molar-refractivity contribution < 1.29 is 14.0 Å². The van der Waals surface area contributed by atoms with Crippen LogP contribution in [-0.2, 0) is 4.79 Å². The molecule has 0 spiro atoms. The maximum absolute atomic E-state index is 13.1. The van der Waals surface area contributed by atoms with Crippen molar-refractivity contribution in [2.75, 3.05) is 0 Å². The highest BCUT2D eigenvalue weighted by Gasteiger charge is 2.10. The Morgan fingerprint density at radius 1 is 1.40 bits per heavy atom. The van der Waals surface area contributed by atoms with Gasteiger partial charge in [0.15, 0.2) is 0 Å². The Kier molecular flexibility index (Phi) is 8.45. The van der Waals surface area contributed by atoms with Crippen molar-refractivity contribution in [2.45, 2.75) is 27.2 Å². The number of Topliss-reactive ketones (excluding diaryl/α,β-unsaturated/α-hetero) is 1. The summed E-state index contributed by atoms with van der Waals surface area (Å²) in [5.41, 5.74) is 5.63. The zero-order valence-electron chi connectivity index (χ0n) is 14.3. The first-order valence-electron chi connectivity index (χ1n) is 7.57. The maximum atomic E-state index is 13.1. The molecule has 0 saturated carbocycles. The molecule has 1 atom stereocenters. The molecule has 0 fully saturated rings. The molecule has 134 valence electrons. The summed E-state index contributed by atoms with van der Waals surface area (Å²) in [7, 11) is 0. The summed E-state index contributed by atoms with van der Waals surface area (Å²) in [4.78, 5) is 25.7. The number of ketones is 1. The number of nitrogens with zero attached hydrogens (tertiary/aromatic N) is 1. The minimum Gasteiger partial charge on any atom is -0.365 e. The largest absolute Gasteiger partial charge is 0.365 e. The van der Waals surface area contributed by atoms with Gasteiger partial charge in [-0.15, -0.1) is 11.3 Å². The van der Waals surface area contributed by atoms with Crippen LogP contribution in [0, 0.1) is 11.7 Å². The molecule has 0 radical (unpaired) electrons. The molecule has 0 aliphatic rings. The lowest BCUT2D eigenvalue weighted by Gasteiger charge is -1.99. The number of carbonyl (C=O) groups is 2. The second-order valence-electron chi connectivity index (χ2n) is 5.46. The number of rotatable bonds is 5. The van der Waals surface area contributed by atoms with E-state index in [1.54, 1.807) is 13.0 Å². The fourth-order valence-corrected chi connectivity index (χ4v) is 3.03. The minimum atomic E-state index is -0.550.